The topological polar surface area (TPSA) is 40.5 Å². The molecule has 2 aromatic carbocycles. The summed E-state index contributed by atoms with van der Waals surface area (Å²) in [6.45, 7) is 6.41. The molecule has 1 unspecified atom stereocenters. The van der Waals surface area contributed by atoms with Gasteiger partial charge in [-0.05, 0) is 62.9 Å². The zero-order valence-electron chi connectivity index (χ0n) is 14.4. The van der Waals surface area contributed by atoms with E-state index in [4.69, 9.17) is 0 Å². The quantitative estimate of drug-likeness (QED) is 0.891. The minimum atomic E-state index is -0.818. The third-order valence-electron chi connectivity index (χ3n) is 5.23. The van der Waals surface area contributed by atoms with E-state index in [1.807, 2.05) is 18.2 Å². The summed E-state index contributed by atoms with van der Waals surface area (Å²) >= 11 is 0. The summed E-state index contributed by atoms with van der Waals surface area (Å²) in [5.41, 5.74) is 4.11. The SMILES string of the molecule is Cc1cccc(C(C)N2CCC(c3ccccc3C(=O)O)CC2)c1. The van der Waals surface area contributed by atoms with Gasteiger partial charge in [-0.15, -0.1) is 0 Å². The van der Waals surface area contributed by atoms with Gasteiger partial charge in [0.15, 0.2) is 0 Å². The molecule has 0 radical (unpaired) electrons. The number of piperidine rings is 1. The molecule has 1 aliphatic rings. The molecule has 1 saturated heterocycles. The van der Waals surface area contributed by atoms with Gasteiger partial charge in [-0.3, -0.25) is 4.90 Å². The van der Waals surface area contributed by atoms with Crippen LogP contribution in [0.5, 0.6) is 0 Å². The molecule has 0 aliphatic carbocycles. The molecular formula is C21H25NO2. The predicted octanol–water partition coefficient (Wildman–Crippen LogP) is 4.63. The lowest BCUT2D eigenvalue weighted by atomic mass is 9.85. The van der Waals surface area contributed by atoms with E-state index in [0.717, 1.165) is 31.5 Å². The average Bonchev–Trinajstić information content (AvgIpc) is 2.61. The van der Waals surface area contributed by atoms with Crippen LogP contribution in [0.15, 0.2) is 48.5 Å². The Bertz CT molecular complexity index is 717. The number of rotatable bonds is 4. The van der Waals surface area contributed by atoms with Gasteiger partial charge in [0.1, 0.15) is 0 Å². The molecule has 0 spiro atoms. The molecule has 1 atom stereocenters. The van der Waals surface area contributed by atoms with Crippen LogP contribution in [0, 0.1) is 6.92 Å². The first-order valence-electron chi connectivity index (χ1n) is 8.69. The second-order valence-corrected chi connectivity index (χ2v) is 6.79. The zero-order chi connectivity index (χ0) is 17.1. The van der Waals surface area contributed by atoms with Gasteiger partial charge in [0.05, 0.1) is 5.56 Å². The van der Waals surface area contributed by atoms with Crippen LogP contribution < -0.4 is 0 Å². The highest BCUT2D eigenvalue weighted by Gasteiger charge is 2.26. The van der Waals surface area contributed by atoms with Crippen molar-refractivity contribution in [1.82, 2.24) is 4.90 Å². The summed E-state index contributed by atoms with van der Waals surface area (Å²) in [7, 11) is 0. The monoisotopic (exact) mass is 323 g/mol. The second kappa shape index (κ2) is 7.18. The van der Waals surface area contributed by atoms with Crippen LogP contribution in [0.25, 0.3) is 0 Å². The number of hydrogen-bond acceptors (Lipinski definition) is 2. The van der Waals surface area contributed by atoms with E-state index in [1.54, 1.807) is 6.07 Å². The number of carbonyl (C=O) groups is 1. The summed E-state index contributed by atoms with van der Waals surface area (Å²) in [5.74, 6) is -0.473. The smallest absolute Gasteiger partial charge is 0.335 e. The number of benzene rings is 2. The van der Waals surface area contributed by atoms with E-state index in [-0.39, 0.29) is 0 Å². The van der Waals surface area contributed by atoms with Crippen molar-refractivity contribution in [3.05, 3.63) is 70.8 Å². The molecule has 1 aliphatic heterocycles. The number of carboxylic acid groups (broad SMARTS) is 1. The van der Waals surface area contributed by atoms with E-state index >= 15 is 0 Å². The van der Waals surface area contributed by atoms with Crippen LogP contribution in [0.3, 0.4) is 0 Å². The summed E-state index contributed by atoms with van der Waals surface area (Å²) in [5, 5.41) is 9.40. The number of likely N-dealkylation sites (tertiary alicyclic amines) is 1. The fourth-order valence-corrected chi connectivity index (χ4v) is 3.79. The van der Waals surface area contributed by atoms with E-state index in [1.165, 1.54) is 11.1 Å². The van der Waals surface area contributed by atoms with Crippen LogP contribution in [-0.2, 0) is 0 Å². The normalized spacial score (nSPS) is 17.6. The van der Waals surface area contributed by atoms with Crippen molar-refractivity contribution in [2.24, 2.45) is 0 Å². The Hall–Kier alpha value is -2.13. The summed E-state index contributed by atoms with van der Waals surface area (Å²) in [6.07, 6.45) is 2.03. The molecule has 3 nitrogen and oxygen atoms in total. The molecule has 3 heteroatoms. The van der Waals surface area contributed by atoms with Gasteiger partial charge in [0.2, 0.25) is 0 Å². The van der Waals surface area contributed by atoms with Crippen LogP contribution in [0.1, 0.15) is 58.8 Å². The van der Waals surface area contributed by atoms with Gasteiger partial charge in [0, 0.05) is 6.04 Å². The molecule has 3 rings (SSSR count). The van der Waals surface area contributed by atoms with Crippen molar-refractivity contribution in [3.8, 4) is 0 Å². The van der Waals surface area contributed by atoms with Crippen molar-refractivity contribution in [2.75, 3.05) is 13.1 Å². The molecule has 0 aromatic heterocycles. The van der Waals surface area contributed by atoms with E-state index in [9.17, 15) is 9.90 Å². The maximum atomic E-state index is 11.4. The molecule has 2 aromatic rings. The Morgan fingerprint density at radius 2 is 1.83 bits per heavy atom. The first kappa shape index (κ1) is 16.7. The van der Waals surface area contributed by atoms with E-state index < -0.39 is 5.97 Å². The largest absolute Gasteiger partial charge is 0.478 e. The Balaban J connectivity index is 1.69. The summed E-state index contributed by atoms with van der Waals surface area (Å²) < 4.78 is 0. The van der Waals surface area contributed by atoms with Crippen molar-refractivity contribution in [3.63, 3.8) is 0 Å². The van der Waals surface area contributed by atoms with E-state index in [0.29, 0.717) is 17.5 Å². The molecule has 24 heavy (non-hydrogen) atoms. The molecule has 0 amide bonds. The highest BCUT2D eigenvalue weighted by atomic mass is 16.4. The molecule has 1 N–H and O–H groups in total. The fraction of sp³-hybridized carbons (Fsp3) is 0.381. The third-order valence-corrected chi connectivity index (χ3v) is 5.23. The molecule has 1 heterocycles. The number of aromatic carboxylic acids is 1. The van der Waals surface area contributed by atoms with Crippen molar-refractivity contribution < 1.29 is 9.90 Å². The lowest BCUT2D eigenvalue weighted by Gasteiger charge is -2.36. The average molecular weight is 323 g/mol. The maximum Gasteiger partial charge on any atom is 0.335 e. The molecule has 0 saturated carbocycles. The fourth-order valence-electron chi connectivity index (χ4n) is 3.79. The van der Waals surface area contributed by atoms with Crippen LogP contribution in [-0.4, -0.2) is 29.1 Å². The minimum Gasteiger partial charge on any atom is -0.478 e. The molecular weight excluding hydrogens is 298 g/mol. The first-order valence-corrected chi connectivity index (χ1v) is 8.69. The number of aryl methyl sites for hydroxylation is 1. The van der Waals surface area contributed by atoms with E-state index in [2.05, 4.69) is 43.0 Å². The van der Waals surface area contributed by atoms with Crippen LogP contribution >= 0.6 is 0 Å². The van der Waals surface area contributed by atoms with Gasteiger partial charge in [-0.1, -0.05) is 48.0 Å². The highest BCUT2D eigenvalue weighted by molar-refractivity contribution is 5.89. The number of nitrogens with zero attached hydrogens (tertiary/aromatic N) is 1. The molecule has 1 fully saturated rings. The highest BCUT2D eigenvalue weighted by Crippen LogP contribution is 2.33. The lowest BCUT2D eigenvalue weighted by Crippen LogP contribution is -2.35. The summed E-state index contributed by atoms with van der Waals surface area (Å²) in [6, 6.07) is 16.6. The van der Waals surface area contributed by atoms with Gasteiger partial charge < -0.3 is 5.11 Å². The lowest BCUT2D eigenvalue weighted by molar-refractivity contribution is 0.0694. The Morgan fingerprint density at radius 3 is 2.50 bits per heavy atom. The Labute approximate surface area is 143 Å². The van der Waals surface area contributed by atoms with Gasteiger partial charge in [-0.2, -0.15) is 0 Å². The standard InChI is InChI=1S/C21H25NO2/c1-15-6-5-7-18(14-15)16(2)22-12-10-17(11-13-22)19-8-3-4-9-20(19)21(23)24/h3-9,14,16-17H,10-13H2,1-2H3,(H,23,24). The predicted molar refractivity (Wildman–Crippen MR) is 96.5 cm³/mol. The van der Waals surface area contributed by atoms with Crippen molar-refractivity contribution in [2.45, 2.75) is 38.6 Å². The van der Waals surface area contributed by atoms with Crippen molar-refractivity contribution >= 4 is 5.97 Å². The summed E-state index contributed by atoms with van der Waals surface area (Å²) in [4.78, 5) is 14.0. The Kier molecular flexibility index (Phi) is 5.00. The minimum absolute atomic E-state index is 0.346. The second-order valence-electron chi connectivity index (χ2n) is 6.79. The van der Waals surface area contributed by atoms with Gasteiger partial charge in [0.25, 0.3) is 0 Å². The number of carboxylic acids is 1. The van der Waals surface area contributed by atoms with Crippen LogP contribution in [0.4, 0.5) is 0 Å². The van der Waals surface area contributed by atoms with Gasteiger partial charge in [-0.25, -0.2) is 4.79 Å². The van der Waals surface area contributed by atoms with Crippen LogP contribution in [0.2, 0.25) is 0 Å². The molecule has 0 bridgehead atoms. The molecule has 126 valence electrons. The third kappa shape index (κ3) is 3.51. The zero-order valence-corrected chi connectivity index (χ0v) is 14.4. The van der Waals surface area contributed by atoms with Gasteiger partial charge >= 0.3 is 5.97 Å². The first-order chi connectivity index (χ1) is 11.6. The Morgan fingerprint density at radius 1 is 1.12 bits per heavy atom. The van der Waals surface area contributed by atoms with Crippen molar-refractivity contribution in [1.29, 1.82) is 0 Å². The maximum absolute atomic E-state index is 11.4. The number of hydrogen-bond donors (Lipinski definition) is 1.